The van der Waals surface area contributed by atoms with Crippen LogP contribution in [0.5, 0.6) is 0 Å². The van der Waals surface area contributed by atoms with Gasteiger partial charge in [0, 0.05) is 13.0 Å². The van der Waals surface area contributed by atoms with Gasteiger partial charge in [0.2, 0.25) is 5.78 Å². The topological polar surface area (TPSA) is 61.8 Å². The molecule has 5 heteroatoms. The van der Waals surface area contributed by atoms with Gasteiger partial charge in [-0.1, -0.05) is 0 Å². The predicted octanol–water partition coefficient (Wildman–Crippen LogP) is 0.453. The highest BCUT2D eigenvalue weighted by molar-refractivity contribution is 6.10. The van der Waals surface area contributed by atoms with Crippen LogP contribution in [0, 0.1) is 0 Å². The summed E-state index contributed by atoms with van der Waals surface area (Å²) in [6.07, 6.45) is -1.90. The fourth-order valence-electron chi connectivity index (χ4n) is 2.18. The van der Waals surface area contributed by atoms with Gasteiger partial charge in [-0.3, -0.25) is 9.59 Å². The fraction of sp³-hybridized carbons (Fsp3) is 0.818. The molecule has 3 atom stereocenters. The molecule has 2 fully saturated rings. The molecule has 16 heavy (non-hydrogen) atoms. The summed E-state index contributed by atoms with van der Waals surface area (Å²) in [5.74, 6) is -1.32. The Morgan fingerprint density at radius 2 is 2.06 bits per heavy atom. The largest absolute Gasteiger partial charge is 0.363 e. The lowest BCUT2D eigenvalue weighted by atomic mass is 9.90. The first kappa shape index (κ1) is 11.7. The molecule has 90 valence electrons. The number of hydrogen-bond acceptors (Lipinski definition) is 5. The van der Waals surface area contributed by atoms with Crippen LogP contribution in [-0.4, -0.2) is 42.3 Å². The van der Waals surface area contributed by atoms with Crippen LogP contribution in [-0.2, 0) is 23.8 Å². The second-order valence-corrected chi connectivity index (χ2v) is 4.50. The number of rotatable bonds is 2. The van der Waals surface area contributed by atoms with Crippen LogP contribution >= 0.6 is 0 Å². The average Bonchev–Trinajstić information content (AvgIpc) is 2.48. The third kappa shape index (κ3) is 1.90. The van der Waals surface area contributed by atoms with Gasteiger partial charge < -0.3 is 14.2 Å². The first-order valence-electron chi connectivity index (χ1n) is 5.48. The number of ketones is 2. The van der Waals surface area contributed by atoms with E-state index in [4.69, 9.17) is 14.2 Å². The third-order valence-electron chi connectivity index (χ3n) is 2.75. The van der Waals surface area contributed by atoms with Gasteiger partial charge in [-0.2, -0.15) is 0 Å². The zero-order chi connectivity index (χ0) is 11.9. The summed E-state index contributed by atoms with van der Waals surface area (Å²) in [6, 6.07) is 0. The van der Waals surface area contributed by atoms with Crippen LogP contribution in [0.25, 0.3) is 0 Å². The van der Waals surface area contributed by atoms with Crippen molar-refractivity contribution in [3.63, 3.8) is 0 Å². The summed E-state index contributed by atoms with van der Waals surface area (Å²) >= 11 is 0. The lowest BCUT2D eigenvalue weighted by molar-refractivity contribution is -0.160. The summed E-state index contributed by atoms with van der Waals surface area (Å²) in [7, 11) is 0. The molecule has 1 heterocycles. The van der Waals surface area contributed by atoms with E-state index in [1.54, 1.807) is 20.8 Å². The molecule has 0 spiro atoms. The Hall–Kier alpha value is -0.780. The van der Waals surface area contributed by atoms with Crippen LogP contribution < -0.4 is 0 Å². The molecule has 1 aliphatic carbocycles. The number of hydrogen-bond donors (Lipinski definition) is 0. The minimum Gasteiger partial charge on any atom is -0.363 e. The zero-order valence-corrected chi connectivity index (χ0v) is 9.69. The van der Waals surface area contributed by atoms with Gasteiger partial charge >= 0.3 is 0 Å². The molecule has 1 unspecified atom stereocenters. The van der Waals surface area contributed by atoms with Gasteiger partial charge in [-0.05, 0) is 20.8 Å². The zero-order valence-electron chi connectivity index (χ0n) is 9.69. The van der Waals surface area contributed by atoms with Gasteiger partial charge in [-0.25, -0.2) is 0 Å². The van der Waals surface area contributed by atoms with Gasteiger partial charge in [0.1, 0.15) is 12.2 Å². The molecular formula is C11H16O5. The van der Waals surface area contributed by atoms with E-state index >= 15 is 0 Å². The number of Topliss-reactive ketones (excluding diaryl/α,β-unsaturated/α-hetero) is 2. The van der Waals surface area contributed by atoms with Gasteiger partial charge in [0.15, 0.2) is 17.7 Å². The van der Waals surface area contributed by atoms with Crippen molar-refractivity contribution < 1.29 is 23.8 Å². The Morgan fingerprint density at radius 1 is 1.38 bits per heavy atom. The van der Waals surface area contributed by atoms with Gasteiger partial charge in [0.05, 0.1) is 0 Å². The highest BCUT2D eigenvalue weighted by Gasteiger charge is 2.53. The molecular weight excluding hydrogens is 212 g/mol. The normalized spacial score (nSPS) is 37.6. The summed E-state index contributed by atoms with van der Waals surface area (Å²) in [6.45, 7) is 5.56. The molecule has 0 aromatic carbocycles. The van der Waals surface area contributed by atoms with E-state index in [9.17, 15) is 9.59 Å². The summed E-state index contributed by atoms with van der Waals surface area (Å²) in [5.41, 5.74) is 0. The molecule has 0 amide bonds. The van der Waals surface area contributed by atoms with E-state index < -0.39 is 24.1 Å². The average molecular weight is 228 g/mol. The van der Waals surface area contributed by atoms with E-state index in [1.165, 1.54) is 0 Å². The predicted molar refractivity (Wildman–Crippen MR) is 53.9 cm³/mol. The molecule has 5 nitrogen and oxygen atoms in total. The quantitative estimate of drug-likeness (QED) is 0.642. The Balaban J connectivity index is 2.17. The van der Waals surface area contributed by atoms with E-state index in [-0.39, 0.29) is 18.0 Å². The van der Waals surface area contributed by atoms with E-state index in [0.29, 0.717) is 6.61 Å². The number of carbonyl (C=O) groups excluding carboxylic acids is 2. The summed E-state index contributed by atoms with van der Waals surface area (Å²) < 4.78 is 16.1. The molecule has 1 aliphatic heterocycles. The van der Waals surface area contributed by atoms with Crippen LogP contribution in [0.3, 0.4) is 0 Å². The first-order chi connectivity index (χ1) is 7.44. The minimum atomic E-state index is -0.969. The number of fused-ring (bicyclic) bond motifs is 1. The molecule has 0 aromatic rings. The second-order valence-electron chi connectivity index (χ2n) is 4.50. The van der Waals surface area contributed by atoms with Crippen molar-refractivity contribution in [1.29, 1.82) is 0 Å². The van der Waals surface area contributed by atoms with Crippen LogP contribution in [0.15, 0.2) is 0 Å². The molecule has 2 rings (SSSR count). The number of ether oxygens (including phenoxy) is 3. The van der Waals surface area contributed by atoms with Crippen molar-refractivity contribution >= 4 is 11.6 Å². The maximum atomic E-state index is 11.9. The lowest BCUT2D eigenvalue weighted by Gasteiger charge is -2.26. The minimum absolute atomic E-state index is 0.185. The molecule has 1 saturated heterocycles. The highest BCUT2D eigenvalue weighted by atomic mass is 16.8. The van der Waals surface area contributed by atoms with Crippen molar-refractivity contribution in [1.82, 2.24) is 0 Å². The Labute approximate surface area is 94.0 Å². The SMILES string of the molecule is CCOC1C(=O)C[C@@H]2OC(C)(C)O[C@@H]2C1=O. The van der Waals surface area contributed by atoms with Crippen molar-refractivity contribution in [3.05, 3.63) is 0 Å². The third-order valence-corrected chi connectivity index (χ3v) is 2.75. The second kappa shape index (κ2) is 3.91. The lowest BCUT2D eigenvalue weighted by Crippen LogP contribution is -2.50. The Bertz CT molecular complexity index is 322. The van der Waals surface area contributed by atoms with Crippen LogP contribution in [0.2, 0.25) is 0 Å². The van der Waals surface area contributed by atoms with Crippen LogP contribution in [0.1, 0.15) is 27.2 Å². The monoisotopic (exact) mass is 228 g/mol. The molecule has 1 saturated carbocycles. The highest BCUT2D eigenvalue weighted by Crippen LogP contribution is 2.34. The van der Waals surface area contributed by atoms with Crippen molar-refractivity contribution in [2.24, 2.45) is 0 Å². The van der Waals surface area contributed by atoms with E-state index in [2.05, 4.69) is 0 Å². The Kier molecular flexibility index (Phi) is 2.86. The maximum absolute atomic E-state index is 11.9. The van der Waals surface area contributed by atoms with Crippen molar-refractivity contribution in [3.8, 4) is 0 Å². The number of carbonyl (C=O) groups is 2. The summed E-state index contributed by atoms with van der Waals surface area (Å²) in [5, 5.41) is 0. The molecule has 2 aliphatic rings. The van der Waals surface area contributed by atoms with E-state index in [1.807, 2.05) is 0 Å². The van der Waals surface area contributed by atoms with Crippen LogP contribution in [0.4, 0.5) is 0 Å². The molecule has 0 N–H and O–H groups in total. The molecule has 0 aromatic heterocycles. The molecule has 0 radical (unpaired) electrons. The smallest absolute Gasteiger partial charge is 0.200 e. The first-order valence-corrected chi connectivity index (χ1v) is 5.48. The van der Waals surface area contributed by atoms with Crippen molar-refractivity contribution in [2.45, 2.75) is 51.3 Å². The van der Waals surface area contributed by atoms with Gasteiger partial charge in [-0.15, -0.1) is 0 Å². The van der Waals surface area contributed by atoms with Gasteiger partial charge in [0.25, 0.3) is 0 Å². The fourth-order valence-corrected chi connectivity index (χ4v) is 2.18. The Morgan fingerprint density at radius 3 is 2.69 bits per heavy atom. The van der Waals surface area contributed by atoms with E-state index in [0.717, 1.165) is 0 Å². The maximum Gasteiger partial charge on any atom is 0.200 e. The van der Waals surface area contributed by atoms with Crippen molar-refractivity contribution in [2.75, 3.05) is 6.61 Å². The molecule has 0 bridgehead atoms. The standard InChI is InChI=1S/C11H16O5/c1-4-14-9-6(12)5-7-10(8(9)13)16-11(2,3)15-7/h7,9-10H,4-5H2,1-3H3/t7-,9?,10-/m0/s1. The summed E-state index contributed by atoms with van der Waals surface area (Å²) in [4.78, 5) is 23.6.